The van der Waals surface area contributed by atoms with E-state index < -0.39 is 0 Å². The van der Waals surface area contributed by atoms with Crippen molar-refractivity contribution >= 4 is 11.8 Å². The lowest BCUT2D eigenvalue weighted by molar-refractivity contribution is -0.135. The second kappa shape index (κ2) is 6.79. The molecular formula is C19H25N3O4. The summed E-state index contributed by atoms with van der Waals surface area (Å²) >= 11 is 0. The second-order valence-corrected chi connectivity index (χ2v) is 7.40. The molecule has 26 heavy (non-hydrogen) atoms. The molecule has 7 nitrogen and oxygen atoms in total. The number of carbonyl (C=O) groups is 2. The Bertz CT molecular complexity index is 723. The molecule has 3 heterocycles. The average Bonchev–Trinajstić information content (AvgIpc) is 3.38. The van der Waals surface area contributed by atoms with E-state index in [1.54, 1.807) is 23.1 Å². The van der Waals surface area contributed by atoms with Crippen molar-refractivity contribution in [2.75, 3.05) is 26.4 Å². The van der Waals surface area contributed by atoms with E-state index in [-0.39, 0.29) is 30.7 Å². The van der Waals surface area contributed by atoms with Crippen molar-refractivity contribution in [1.29, 1.82) is 0 Å². The van der Waals surface area contributed by atoms with Crippen molar-refractivity contribution in [3.05, 3.63) is 23.8 Å². The molecule has 140 valence electrons. The zero-order valence-electron chi connectivity index (χ0n) is 15.0. The Balaban J connectivity index is 1.51. The summed E-state index contributed by atoms with van der Waals surface area (Å²) in [6, 6.07) is 4.98. The summed E-state index contributed by atoms with van der Waals surface area (Å²) in [5.41, 5.74) is 6.31. The molecule has 3 aliphatic rings. The molecular weight excluding hydrogens is 334 g/mol. The molecule has 2 saturated heterocycles. The molecule has 4 rings (SSSR count). The Hall–Kier alpha value is -2.28. The summed E-state index contributed by atoms with van der Waals surface area (Å²) in [6.45, 7) is 4.13. The number of hydrogen-bond donors (Lipinski definition) is 1. The van der Waals surface area contributed by atoms with Crippen LogP contribution in [0.2, 0.25) is 0 Å². The lowest BCUT2D eigenvalue weighted by atomic mass is 10.1. The fourth-order valence-electron chi connectivity index (χ4n) is 4.27. The van der Waals surface area contributed by atoms with Gasteiger partial charge in [0.05, 0.1) is 0 Å². The van der Waals surface area contributed by atoms with Gasteiger partial charge in [0.2, 0.25) is 12.7 Å². The summed E-state index contributed by atoms with van der Waals surface area (Å²) in [7, 11) is 0. The molecule has 3 atom stereocenters. The van der Waals surface area contributed by atoms with Gasteiger partial charge in [0, 0.05) is 24.7 Å². The number of hydrogen-bond acceptors (Lipinski definition) is 5. The Morgan fingerprint density at radius 1 is 1.23 bits per heavy atom. The third-order valence-electron chi connectivity index (χ3n) is 5.70. The zero-order chi connectivity index (χ0) is 18.3. The van der Waals surface area contributed by atoms with Crippen molar-refractivity contribution in [3.8, 4) is 11.5 Å². The average molecular weight is 359 g/mol. The lowest BCUT2D eigenvalue weighted by Gasteiger charge is -2.30. The first-order valence-electron chi connectivity index (χ1n) is 9.29. The Labute approximate surface area is 153 Å². The summed E-state index contributed by atoms with van der Waals surface area (Å²) in [6.07, 6.45) is 2.49. The van der Waals surface area contributed by atoms with Gasteiger partial charge in [-0.05, 0) is 56.8 Å². The van der Waals surface area contributed by atoms with Crippen LogP contribution in [-0.2, 0) is 4.79 Å². The fourth-order valence-corrected chi connectivity index (χ4v) is 4.27. The molecule has 1 aromatic carbocycles. The first-order valence-corrected chi connectivity index (χ1v) is 9.29. The van der Waals surface area contributed by atoms with E-state index >= 15 is 0 Å². The first kappa shape index (κ1) is 17.1. The highest BCUT2D eigenvalue weighted by molar-refractivity contribution is 5.98. The van der Waals surface area contributed by atoms with E-state index in [4.69, 9.17) is 15.2 Å². The highest BCUT2D eigenvalue weighted by Crippen LogP contribution is 2.34. The predicted molar refractivity (Wildman–Crippen MR) is 95.0 cm³/mol. The smallest absolute Gasteiger partial charge is 0.254 e. The normalized spacial score (nSPS) is 27.2. The van der Waals surface area contributed by atoms with E-state index in [9.17, 15) is 9.59 Å². The van der Waals surface area contributed by atoms with Crippen LogP contribution in [0, 0.1) is 5.92 Å². The maximum absolute atomic E-state index is 13.1. The van der Waals surface area contributed by atoms with Crippen LogP contribution < -0.4 is 15.2 Å². The summed E-state index contributed by atoms with van der Waals surface area (Å²) in [5.74, 6) is 1.51. The minimum absolute atomic E-state index is 0.0556. The maximum Gasteiger partial charge on any atom is 0.254 e. The van der Waals surface area contributed by atoms with E-state index in [1.807, 2.05) is 4.90 Å². The molecule has 2 N–H and O–H groups in total. The van der Waals surface area contributed by atoms with Gasteiger partial charge >= 0.3 is 0 Å². The number of benzene rings is 1. The van der Waals surface area contributed by atoms with Gasteiger partial charge in [-0.2, -0.15) is 0 Å². The molecule has 0 bridgehead atoms. The minimum Gasteiger partial charge on any atom is -0.454 e. The molecule has 0 saturated carbocycles. The van der Waals surface area contributed by atoms with Gasteiger partial charge in [-0.3, -0.25) is 9.59 Å². The predicted octanol–water partition coefficient (Wildman–Crippen LogP) is 1.22. The van der Waals surface area contributed by atoms with Crippen LogP contribution >= 0.6 is 0 Å². The SMILES string of the molecule is CC1CC(CN)CN1C(=O)C1CCCN1C(=O)c1ccc2c(c1)OCO2. The van der Waals surface area contributed by atoms with Gasteiger partial charge in [-0.25, -0.2) is 0 Å². The number of nitrogens with zero attached hydrogens (tertiary/aromatic N) is 2. The number of ether oxygens (including phenoxy) is 2. The fraction of sp³-hybridized carbons (Fsp3) is 0.579. The van der Waals surface area contributed by atoms with Crippen LogP contribution in [0.15, 0.2) is 18.2 Å². The number of fused-ring (bicyclic) bond motifs is 1. The van der Waals surface area contributed by atoms with Gasteiger partial charge in [-0.15, -0.1) is 0 Å². The monoisotopic (exact) mass is 359 g/mol. The number of carbonyl (C=O) groups excluding carboxylic acids is 2. The molecule has 3 aliphatic heterocycles. The van der Waals surface area contributed by atoms with Gasteiger partial charge < -0.3 is 25.0 Å². The van der Waals surface area contributed by atoms with Crippen molar-refractivity contribution in [2.45, 2.75) is 38.3 Å². The van der Waals surface area contributed by atoms with Crippen molar-refractivity contribution in [2.24, 2.45) is 11.7 Å². The third-order valence-corrected chi connectivity index (χ3v) is 5.70. The van der Waals surface area contributed by atoms with Gasteiger partial charge in [0.15, 0.2) is 11.5 Å². The molecule has 0 aliphatic carbocycles. The summed E-state index contributed by atoms with van der Waals surface area (Å²) in [5, 5.41) is 0. The quantitative estimate of drug-likeness (QED) is 0.877. The molecule has 1 aromatic rings. The lowest BCUT2D eigenvalue weighted by Crippen LogP contribution is -2.49. The molecule has 0 aromatic heterocycles. The van der Waals surface area contributed by atoms with Crippen LogP contribution in [-0.4, -0.2) is 60.1 Å². The van der Waals surface area contributed by atoms with Crippen molar-refractivity contribution in [1.82, 2.24) is 9.80 Å². The van der Waals surface area contributed by atoms with Crippen LogP contribution in [0.1, 0.15) is 36.5 Å². The highest BCUT2D eigenvalue weighted by Gasteiger charge is 2.41. The number of likely N-dealkylation sites (tertiary alicyclic amines) is 2. The second-order valence-electron chi connectivity index (χ2n) is 7.40. The molecule has 2 amide bonds. The Morgan fingerprint density at radius 2 is 2.04 bits per heavy atom. The molecule has 7 heteroatoms. The van der Waals surface area contributed by atoms with Crippen LogP contribution in [0.4, 0.5) is 0 Å². The van der Waals surface area contributed by atoms with Gasteiger partial charge in [0.25, 0.3) is 5.91 Å². The van der Waals surface area contributed by atoms with E-state index in [0.717, 1.165) is 12.8 Å². The van der Waals surface area contributed by atoms with Crippen molar-refractivity contribution < 1.29 is 19.1 Å². The standard InChI is InChI=1S/C19H25N3O4/c1-12-7-13(9-20)10-22(12)19(24)15-3-2-6-21(15)18(23)14-4-5-16-17(8-14)26-11-25-16/h4-5,8,12-13,15H,2-3,6-7,9-11,20H2,1H3. The molecule has 3 unspecified atom stereocenters. The van der Waals surface area contributed by atoms with Crippen LogP contribution in [0.3, 0.4) is 0 Å². The third kappa shape index (κ3) is 2.90. The van der Waals surface area contributed by atoms with E-state index in [2.05, 4.69) is 6.92 Å². The first-order chi connectivity index (χ1) is 12.6. The van der Waals surface area contributed by atoms with Gasteiger partial charge in [-0.1, -0.05) is 0 Å². The number of amides is 2. The number of rotatable bonds is 3. The van der Waals surface area contributed by atoms with Gasteiger partial charge in [0.1, 0.15) is 6.04 Å². The molecule has 0 spiro atoms. The minimum atomic E-state index is -0.383. The van der Waals surface area contributed by atoms with Crippen molar-refractivity contribution in [3.63, 3.8) is 0 Å². The highest BCUT2D eigenvalue weighted by atomic mass is 16.7. The largest absolute Gasteiger partial charge is 0.454 e. The van der Waals surface area contributed by atoms with Crippen LogP contribution in [0.25, 0.3) is 0 Å². The zero-order valence-corrected chi connectivity index (χ0v) is 15.0. The van der Waals surface area contributed by atoms with Crippen LogP contribution in [0.5, 0.6) is 11.5 Å². The molecule has 0 radical (unpaired) electrons. The van der Waals surface area contributed by atoms with E-state index in [1.165, 1.54) is 0 Å². The summed E-state index contributed by atoms with van der Waals surface area (Å²) < 4.78 is 10.7. The maximum atomic E-state index is 13.1. The topological polar surface area (TPSA) is 85.1 Å². The Morgan fingerprint density at radius 3 is 2.81 bits per heavy atom. The molecule has 2 fully saturated rings. The summed E-state index contributed by atoms with van der Waals surface area (Å²) in [4.78, 5) is 29.7. The Kier molecular flexibility index (Phi) is 4.48. The number of nitrogens with two attached hydrogens (primary N) is 1. The van der Waals surface area contributed by atoms with E-state index in [0.29, 0.717) is 49.0 Å².